The van der Waals surface area contributed by atoms with E-state index in [9.17, 15) is 0 Å². The molecule has 0 bridgehead atoms. The molecule has 1 aromatic carbocycles. The van der Waals surface area contributed by atoms with Crippen molar-refractivity contribution in [3.8, 4) is 0 Å². The van der Waals surface area contributed by atoms with Crippen LogP contribution < -0.4 is 5.73 Å². The third kappa shape index (κ3) is 2.90. The van der Waals surface area contributed by atoms with E-state index in [1.807, 2.05) is 37.3 Å². The number of hydrogen-bond acceptors (Lipinski definition) is 4. The first-order chi connectivity index (χ1) is 7.74. The Bertz CT molecular complexity index is 437. The lowest BCUT2D eigenvalue weighted by atomic mass is 10.1. The van der Waals surface area contributed by atoms with E-state index in [1.165, 1.54) is 5.56 Å². The summed E-state index contributed by atoms with van der Waals surface area (Å²) in [5, 5.41) is 3.89. The van der Waals surface area contributed by atoms with E-state index in [2.05, 4.69) is 10.1 Å². The number of hydrogen-bond donors (Lipinski definition) is 1. The Labute approximate surface area is 94.5 Å². The van der Waals surface area contributed by atoms with E-state index in [4.69, 9.17) is 10.3 Å². The SMILES string of the molecule is CC(N)Cc1noc(Cc2ccccc2)n1. The van der Waals surface area contributed by atoms with Crippen LogP contribution in [0.3, 0.4) is 0 Å². The molecule has 0 radical (unpaired) electrons. The van der Waals surface area contributed by atoms with E-state index in [1.54, 1.807) is 0 Å². The monoisotopic (exact) mass is 217 g/mol. The van der Waals surface area contributed by atoms with Crippen LogP contribution in [0, 0.1) is 0 Å². The van der Waals surface area contributed by atoms with Crippen LogP contribution in [0.2, 0.25) is 0 Å². The molecule has 0 spiro atoms. The van der Waals surface area contributed by atoms with Crippen LogP contribution in [0.4, 0.5) is 0 Å². The summed E-state index contributed by atoms with van der Waals surface area (Å²) in [6.45, 7) is 1.92. The minimum atomic E-state index is 0.0576. The highest BCUT2D eigenvalue weighted by molar-refractivity contribution is 5.17. The highest BCUT2D eigenvalue weighted by Gasteiger charge is 2.08. The number of rotatable bonds is 4. The molecule has 16 heavy (non-hydrogen) atoms. The molecule has 1 heterocycles. The third-order valence-corrected chi connectivity index (χ3v) is 2.21. The lowest BCUT2D eigenvalue weighted by Gasteiger charge is -1.97. The number of nitrogens with two attached hydrogens (primary N) is 1. The topological polar surface area (TPSA) is 64.9 Å². The Morgan fingerprint density at radius 2 is 2.06 bits per heavy atom. The fraction of sp³-hybridized carbons (Fsp3) is 0.333. The molecule has 0 fully saturated rings. The summed E-state index contributed by atoms with van der Waals surface area (Å²) < 4.78 is 5.15. The first-order valence-corrected chi connectivity index (χ1v) is 5.35. The average Bonchev–Trinajstić information content (AvgIpc) is 2.66. The van der Waals surface area contributed by atoms with Gasteiger partial charge in [0, 0.05) is 12.5 Å². The minimum Gasteiger partial charge on any atom is -0.339 e. The van der Waals surface area contributed by atoms with Gasteiger partial charge in [-0.25, -0.2) is 0 Å². The van der Waals surface area contributed by atoms with Gasteiger partial charge >= 0.3 is 0 Å². The lowest BCUT2D eigenvalue weighted by molar-refractivity contribution is 0.378. The highest BCUT2D eigenvalue weighted by Crippen LogP contribution is 2.07. The molecule has 0 saturated carbocycles. The van der Waals surface area contributed by atoms with Crippen LogP contribution in [0.1, 0.15) is 24.2 Å². The Balaban J connectivity index is 2.03. The minimum absolute atomic E-state index is 0.0576. The van der Waals surface area contributed by atoms with Crippen molar-refractivity contribution in [3.63, 3.8) is 0 Å². The predicted octanol–water partition coefficient (Wildman–Crippen LogP) is 1.55. The largest absolute Gasteiger partial charge is 0.339 e. The van der Waals surface area contributed by atoms with Crippen molar-refractivity contribution in [3.05, 3.63) is 47.6 Å². The number of nitrogens with zero attached hydrogens (tertiary/aromatic N) is 2. The van der Waals surface area contributed by atoms with Gasteiger partial charge in [0.05, 0.1) is 6.42 Å². The first-order valence-electron chi connectivity index (χ1n) is 5.35. The lowest BCUT2D eigenvalue weighted by Crippen LogP contribution is -2.18. The molecule has 4 nitrogen and oxygen atoms in total. The summed E-state index contributed by atoms with van der Waals surface area (Å²) >= 11 is 0. The summed E-state index contributed by atoms with van der Waals surface area (Å²) in [7, 11) is 0. The van der Waals surface area contributed by atoms with Gasteiger partial charge in [0.25, 0.3) is 0 Å². The number of aromatic nitrogens is 2. The fourth-order valence-electron chi connectivity index (χ4n) is 1.50. The Kier molecular flexibility index (Phi) is 3.31. The quantitative estimate of drug-likeness (QED) is 0.843. The molecule has 2 rings (SSSR count). The van der Waals surface area contributed by atoms with Crippen LogP contribution in [0.5, 0.6) is 0 Å². The second-order valence-electron chi connectivity index (χ2n) is 3.95. The van der Waals surface area contributed by atoms with E-state index in [0.29, 0.717) is 24.6 Å². The second-order valence-corrected chi connectivity index (χ2v) is 3.95. The average molecular weight is 217 g/mol. The van der Waals surface area contributed by atoms with Crippen molar-refractivity contribution >= 4 is 0 Å². The Morgan fingerprint density at radius 3 is 2.75 bits per heavy atom. The summed E-state index contributed by atoms with van der Waals surface area (Å²) in [6, 6.07) is 10.1. The first kappa shape index (κ1) is 10.8. The molecule has 84 valence electrons. The molecule has 0 amide bonds. The van der Waals surface area contributed by atoms with Crippen molar-refractivity contribution in [1.82, 2.24) is 10.1 Å². The van der Waals surface area contributed by atoms with E-state index in [0.717, 1.165) is 0 Å². The zero-order valence-electron chi connectivity index (χ0n) is 9.26. The molecule has 4 heteroatoms. The maximum atomic E-state index is 5.66. The maximum absolute atomic E-state index is 5.66. The zero-order chi connectivity index (χ0) is 11.4. The van der Waals surface area contributed by atoms with E-state index >= 15 is 0 Å². The van der Waals surface area contributed by atoms with Crippen molar-refractivity contribution in [2.45, 2.75) is 25.8 Å². The third-order valence-electron chi connectivity index (χ3n) is 2.21. The summed E-state index contributed by atoms with van der Waals surface area (Å²) in [5.74, 6) is 1.32. The summed E-state index contributed by atoms with van der Waals surface area (Å²) in [5.41, 5.74) is 6.83. The van der Waals surface area contributed by atoms with E-state index in [-0.39, 0.29) is 6.04 Å². The predicted molar refractivity (Wildman–Crippen MR) is 60.9 cm³/mol. The molecule has 0 aliphatic carbocycles. The summed E-state index contributed by atoms with van der Waals surface area (Å²) in [4.78, 5) is 4.29. The van der Waals surface area contributed by atoms with Gasteiger partial charge in [0.2, 0.25) is 5.89 Å². The molecular weight excluding hydrogens is 202 g/mol. The van der Waals surface area contributed by atoms with Crippen molar-refractivity contribution in [1.29, 1.82) is 0 Å². The zero-order valence-corrected chi connectivity index (χ0v) is 9.26. The van der Waals surface area contributed by atoms with Crippen LogP contribution in [-0.4, -0.2) is 16.2 Å². The molecule has 2 N–H and O–H groups in total. The highest BCUT2D eigenvalue weighted by atomic mass is 16.5. The van der Waals surface area contributed by atoms with Crippen LogP contribution in [0.25, 0.3) is 0 Å². The molecule has 1 aromatic heterocycles. The van der Waals surface area contributed by atoms with Gasteiger partial charge in [-0.1, -0.05) is 35.5 Å². The molecule has 0 aliphatic heterocycles. The van der Waals surface area contributed by atoms with Gasteiger partial charge in [0.15, 0.2) is 5.82 Å². The Hall–Kier alpha value is -1.68. The smallest absolute Gasteiger partial charge is 0.231 e. The molecule has 1 atom stereocenters. The Morgan fingerprint density at radius 1 is 1.31 bits per heavy atom. The van der Waals surface area contributed by atoms with Gasteiger partial charge < -0.3 is 10.3 Å². The van der Waals surface area contributed by atoms with Gasteiger partial charge in [-0.05, 0) is 12.5 Å². The van der Waals surface area contributed by atoms with Gasteiger partial charge in [0.1, 0.15) is 0 Å². The molecular formula is C12H15N3O. The van der Waals surface area contributed by atoms with Crippen molar-refractivity contribution in [2.24, 2.45) is 5.73 Å². The van der Waals surface area contributed by atoms with Gasteiger partial charge in [-0.3, -0.25) is 0 Å². The second kappa shape index (κ2) is 4.90. The van der Waals surface area contributed by atoms with Crippen LogP contribution in [0.15, 0.2) is 34.9 Å². The molecule has 0 aliphatic rings. The summed E-state index contributed by atoms with van der Waals surface area (Å²) in [6.07, 6.45) is 1.32. The van der Waals surface area contributed by atoms with Crippen LogP contribution >= 0.6 is 0 Å². The van der Waals surface area contributed by atoms with Crippen molar-refractivity contribution in [2.75, 3.05) is 0 Å². The molecule has 2 aromatic rings. The van der Waals surface area contributed by atoms with Gasteiger partial charge in [-0.15, -0.1) is 0 Å². The van der Waals surface area contributed by atoms with Crippen LogP contribution in [-0.2, 0) is 12.8 Å². The standard InChI is InChI=1S/C12H15N3O/c1-9(13)7-11-14-12(16-15-11)8-10-5-3-2-4-6-10/h2-6,9H,7-8,13H2,1H3. The molecule has 1 unspecified atom stereocenters. The fourth-order valence-corrected chi connectivity index (χ4v) is 1.50. The molecule has 0 saturated heterocycles. The van der Waals surface area contributed by atoms with Crippen molar-refractivity contribution < 1.29 is 4.52 Å². The van der Waals surface area contributed by atoms with E-state index < -0.39 is 0 Å². The van der Waals surface area contributed by atoms with Gasteiger partial charge in [-0.2, -0.15) is 4.98 Å². The number of benzene rings is 1. The normalized spacial score (nSPS) is 12.6. The maximum Gasteiger partial charge on any atom is 0.231 e.